The van der Waals surface area contributed by atoms with E-state index in [4.69, 9.17) is 0 Å². The average Bonchev–Trinajstić information content (AvgIpc) is 2.25. The van der Waals surface area contributed by atoms with Crippen molar-refractivity contribution in [2.45, 2.75) is 34.1 Å². The van der Waals surface area contributed by atoms with E-state index in [1.54, 1.807) is 0 Å². The minimum atomic E-state index is 1.14. The van der Waals surface area contributed by atoms with Crippen molar-refractivity contribution in [3.63, 3.8) is 0 Å². The van der Waals surface area contributed by atoms with Gasteiger partial charge < -0.3 is 0 Å². The van der Waals surface area contributed by atoms with Crippen LogP contribution in [0.1, 0.15) is 31.9 Å². The Hall–Kier alpha value is -1.04. The lowest BCUT2D eigenvalue weighted by Gasteiger charge is -1.94. The van der Waals surface area contributed by atoms with Gasteiger partial charge in [0, 0.05) is 0 Å². The predicted octanol–water partition coefficient (Wildman–Crippen LogP) is 4.39. The van der Waals surface area contributed by atoms with Gasteiger partial charge in [0.15, 0.2) is 0 Å². The summed E-state index contributed by atoms with van der Waals surface area (Å²) < 4.78 is 0. The predicted molar refractivity (Wildman–Crippen MR) is 63.2 cm³/mol. The van der Waals surface area contributed by atoms with Gasteiger partial charge in [-0.05, 0) is 18.9 Å². The van der Waals surface area contributed by atoms with Crippen LogP contribution in [-0.4, -0.2) is 0 Å². The Bertz CT molecular complexity index is 184. The molecule has 0 amide bonds. The molecule has 0 aromatic heterocycles. The van der Waals surface area contributed by atoms with Gasteiger partial charge in [-0.2, -0.15) is 0 Å². The van der Waals surface area contributed by atoms with E-state index in [1.807, 2.05) is 13.8 Å². The second-order valence-corrected chi connectivity index (χ2v) is 2.34. The molecule has 0 aliphatic heterocycles. The fraction of sp³-hybridized carbons (Fsp3) is 0.385. The van der Waals surface area contributed by atoms with Crippen molar-refractivity contribution in [1.82, 2.24) is 0 Å². The highest BCUT2D eigenvalue weighted by Crippen LogP contribution is 2.02. The summed E-state index contributed by atoms with van der Waals surface area (Å²) in [6.07, 6.45) is 1.14. The maximum absolute atomic E-state index is 3.00. The van der Waals surface area contributed by atoms with E-state index in [0.717, 1.165) is 6.42 Å². The fourth-order valence-corrected chi connectivity index (χ4v) is 0.824. The van der Waals surface area contributed by atoms with Gasteiger partial charge in [0.2, 0.25) is 0 Å². The van der Waals surface area contributed by atoms with Crippen LogP contribution in [-0.2, 0) is 6.42 Å². The normalized spacial score (nSPS) is 7.38. The van der Waals surface area contributed by atoms with Crippen molar-refractivity contribution in [3.8, 4) is 0 Å². The average molecular weight is 178 g/mol. The summed E-state index contributed by atoms with van der Waals surface area (Å²) in [5.74, 6) is 0. The van der Waals surface area contributed by atoms with Crippen LogP contribution in [0.15, 0.2) is 37.4 Å². The van der Waals surface area contributed by atoms with Crippen LogP contribution in [0.5, 0.6) is 0 Å². The van der Waals surface area contributed by atoms with Crippen LogP contribution in [0, 0.1) is 6.92 Å². The van der Waals surface area contributed by atoms with Crippen molar-refractivity contribution in [1.29, 1.82) is 0 Å². The molecule has 0 aliphatic rings. The molecule has 13 heavy (non-hydrogen) atoms. The van der Waals surface area contributed by atoms with Gasteiger partial charge in [0.25, 0.3) is 0 Å². The van der Waals surface area contributed by atoms with Crippen molar-refractivity contribution in [3.05, 3.63) is 48.6 Å². The molecule has 0 N–H and O–H groups in total. The van der Waals surface area contributed by atoms with Crippen LogP contribution in [0.2, 0.25) is 0 Å². The van der Waals surface area contributed by atoms with E-state index in [2.05, 4.69) is 51.3 Å². The number of rotatable bonds is 1. The van der Waals surface area contributed by atoms with Crippen LogP contribution >= 0.6 is 0 Å². The summed E-state index contributed by atoms with van der Waals surface area (Å²) in [6.45, 7) is 14.3. The van der Waals surface area contributed by atoms with E-state index < -0.39 is 0 Å². The number of benzene rings is 1. The Labute approximate surface area is 83.3 Å². The minimum Gasteiger partial charge on any atom is -0.106 e. The summed E-state index contributed by atoms with van der Waals surface area (Å²) in [4.78, 5) is 0. The summed E-state index contributed by atoms with van der Waals surface area (Å²) in [5.41, 5.74) is 2.76. The zero-order chi connectivity index (χ0) is 10.7. The van der Waals surface area contributed by atoms with Crippen LogP contribution in [0.3, 0.4) is 0 Å². The quantitative estimate of drug-likeness (QED) is 0.560. The molecule has 74 valence electrons. The molecule has 0 spiro atoms. The smallest absolute Gasteiger partial charge is 0.0307 e. The van der Waals surface area contributed by atoms with Crippen molar-refractivity contribution < 1.29 is 0 Å². The molecule has 0 fully saturated rings. The van der Waals surface area contributed by atoms with Crippen LogP contribution in [0.25, 0.3) is 0 Å². The molecule has 0 saturated carbocycles. The highest BCUT2D eigenvalue weighted by atomic mass is 13.9. The monoisotopic (exact) mass is 178 g/mol. The van der Waals surface area contributed by atoms with E-state index in [1.165, 1.54) is 11.1 Å². The highest BCUT2D eigenvalue weighted by Gasteiger charge is 1.84. The fourth-order valence-electron chi connectivity index (χ4n) is 0.824. The summed E-state index contributed by atoms with van der Waals surface area (Å²) in [6, 6.07) is 8.66. The first-order valence-electron chi connectivity index (χ1n) is 4.88. The summed E-state index contributed by atoms with van der Waals surface area (Å²) >= 11 is 0. The SMILES string of the molecule is C=C.CC.CCc1ccc(C)cc1. The van der Waals surface area contributed by atoms with Crippen molar-refractivity contribution in [2.75, 3.05) is 0 Å². The van der Waals surface area contributed by atoms with E-state index in [-0.39, 0.29) is 0 Å². The molecule has 0 unspecified atom stereocenters. The Morgan fingerprint density at radius 3 is 1.69 bits per heavy atom. The van der Waals surface area contributed by atoms with Gasteiger partial charge in [-0.1, -0.05) is 50.6 Å². The second kappa shape index (κ2) is 11.0. The molecule has 1 rings (SSSR count). The zero-order valence-electron chi connectivity index (χ0n) is 9.43. The lowest BCUT2D eigenvalue weighted by atomic mass is 10.1. The molecule has 0 bridgehead atoms. The molecule has 0 atom stereocenters. The van der Waals surface area contributed by atoms with Crippen LogP contribution < -0.4 is 0 Å². The molecule has 1 aromatic rings. The lowest BCUT2D eigenvalue weighted by molar-refractivity contribution is 1.14. The molecule has 1 aromatic carbocycles. The third kappa shape index (κ3) is 7.32. The maximum Gasteiger partial charge on any atom is -0.0307 e. The molecule has 0 nitrogen and oxygen atoms in total. The molecule has 0 saturated heterocycles. The van der Waals surface area contributed by atoms with E-state index in [0.29, 0.717) is 0 Å². The van der Waals surface area contributed by atoms with Gasteiger partial charge in [-0.25, -0.2) is 0 Å². The van der Waals surface area contributed by atoms with Gasteiger partial charge in [-0.15, -0.1) is 13.2 Å². The lowest BCUT2D eigenvalue weighted by Crippen LogP contribution is -1.77. The standard InChI is InChI=1S/C9H12.C2H6.C2H4/c1-3-9-6-4-8(2)5-7-9;2*1-2/h4-7H,3H2,1-2H3;1-2H3;1-2H2. The Morgan fingerprint density at radius 2 is 1.38 bits per heavy atom. The van der Waals surface area contributed by atoms with Crippen LogP contribution in [0.4, 0.5) is 0 Å². The maximum atomic E-state index is 3.00. The zero-order valence-corrected chi connectivity index (χ0v) is 9.43. The van der Waals surface area contributed by atoms with Gasteiger partial charge >= 0.3 is 0 Å². The minimum absolute atomic E-state index is 1.14. The van der Waals surface area contributed by atoms with Crippen molar-refractivity contribution >= 4 is 0 Å². The van der Waals surface area contributed by atoms with E-state index in [9.17, 15) is 0 Å². The Balaban J connectivity index is 0. The topological polar surface area (TPSA) is 0 Å². The number of hydrogen-bond acceptors (Lipinski definition) is 0. The summed E-state index contributed by atoms with van der Waals surface area (Å²) in [5, 5.41) is 0. The molecular weight excluding hydrogens is 156 g/mol. The first-order chi connectivity index (χ1) is 6.33. The first kappa shape index (κ1) is 14.5. The first-order valence-corrected chi connectivity index (χ1v) is 4.88. The molecule has 0 heteroatoms. The second-order valence-electron chi connectivity index (χ2n) is 2.34. The van der Waals surface area contributed by atoms with Crippen molar-refractivity contribution in [2.24, 2.45) is 0 Å². The van der Waals surface area contributed by atoms with Gasteiger partial charge in [0.05, 0.1) is 0 Å². The van der Waals surface area contributed by atoms with Gasteiger partial charge in [0.1, 0.15) is 0 Å². The number of hydrogen-bond donors (Lipinski definition) is 0. The largest absolute Gasteiger partial charge is 0.106 e. The number of aryl methyl sites for hydroxylation is 2. The molecular formula is C13H22. The molecule has 0 heterocycles. The Morgan fingerprint density at radius 1 is 1.00 bits per heavy atom. The highest BCUT2D eigenvalue weighted by molar-refractivity contribution is 5.20. The summed E-state index contributed by atoms with van der Waals surface area (Å²) in [7, 11) is 0. The van der Waals surface area contributed by atoms with Gasteiger partial charge in [-0.3, -0.25) is 0 Å². The third-order valence-corrected chi connectivity index (χ3v) is 1.53. The third-order valence-electron chi connectivity index (χ3n) is 1.53. The molecule has 0 aliphatic carbocycles. The molecule has 0 radical (unpaired) electrons. The Kier molecular flexibility index (Phi) is 12.2. The van der Waals surface area contributed by atoms with E-state index >= 15 is 0 Å².